The van der Waals surface area contributed by atoms with Crippen LogP contribution in [0.3, 0.4) is 0 Å². The summed E-state index contributed by atoms with van der Waals surface area (Å²) in [6.07, 6.45) is -3.05. The van der Waals surface area contributed by atoms with Crippen LogP contribution in [0, 0.1) is 6.92 Å². The van der Waals surface area contributed by atoms with Crippen LogP contribution in [0.1, 0.15) is 40.9 Å². The highest BCUT2D eigenvalue weighted by atomic mass is 19.4. The number of hydrogen-bond donors (Lipinski definition) is 1. The van der Waals surface area contributed by atoms with Gasteiger partial charge in [0.05, 0.1) is 11.8 Å². The van der Waals surface area contributed by atoms with Gasteiger partial charge in [-0.15, -0.1) is 0 Å². The monoisotopic (exact) mass is 493 g/mol. The van der Waals surface area contributed by atoms with Gasteiger partial charge < -0.3 is 10.2 Å². The molecule has 1 fully saturated rings. The van der Waals surface area contributed by atoms with Gasteiger partial charge in [-0.1, -0.05) is 18.2 Å². The molecule has 0 bridgehead atoms. The highest BCUT2D eigenvalue weighted by Gasteiger charge is 2.41. The van der Waals surface area contributed by atoms with E-state index < -0.39 is 30.1 Å². The van der Waals surface area contributed by atoms with Gasteiger partial charge in [0.2, 0.25) is 5.92 Å². The highest BCUT2D eigenvalue weighted by Crippen LogP contribution is 2.42. The molecular weight excluding hydrogens is 469 g/mol. The van der Waals surface area contributed by atoms with E-state index in [4.69, 9.17) is 0 Å². The van der Waals surface area contributed by atoms with Crippen molar-refractivity contribution in [1.82, 2.24) is 14.8 Å². The lowest BCUT2D eigenvalue weighted by Gasteiger charge is -2.27. The van der Waals surface area contributed by atoms with Crippen LogP contribution in [0.2, 0.25) is 0 Å². The van der Waals surface area contributed by atoms with E-state index in [0.717, 1.165) is 0 Å². The number of alkyl halides is 5. The smallest absolute Gasteiger partial charge is 0.356 e. The van der Waals surface area contributed by atoms with Gasteiger partial charge in [0.15, 0.2) is 5.69 Å². The van der Waals surface area contributed by atoms with Crippen LogP contribution >= 0.6 is 0 Å². The second kappa shape index (κ2) is 9.27. The Kier molecular flexibility index (Phi) is 6.52. The summed E-state index contributed by atoms with van der Waals surface area (Å²) in [6, 6.07) is 8.43. The molecule has 1 N–H and O–H groups in total. The SMILES string of the molecule is Cc1c(C(=O)Nc2ccccc2)c(N2CCCC(F)(F)CC2)nc(C(F)(F)F)c1-c1cnn(C)c1. The number of aromatic nitrogens is 3. The van der Waals surface area contributed by atoms with Gasteiger partial charge in [-0.2, -0.15) is 18.3 Å². The second-order valence-corrected chi connectivity index (χ2v) is 8.58. The molecule has 0 saturated carbocycles. The van der Waals surface area contributed by atoms with Crippen molar-refractivity contribution in [2.45, 2.75) is 38.3 Å². The molecule has 3 heterocycles. The average Bonchev–Trinajstić information content (AvgIpc) is 3.12. The molecule has 4 rings (SSSR count). The standard InChI is InChI=1S/C24H24F5N5O/c1-15-18(16-13-30-33(2)14-16)20(24(27,28)29)32-21(34-11-6-9-23(25,26)10-12-34)19(15)22(35)31-17-7-4-3-5-8-17/h3-5,7-8,13-14H,6,9-12H2,1-2H3,(H,31,35). The summed E-state index contributed by atoms with van der Waals surface area (Å²) in [6.45, 7) is 1.24. The minimum Gasteiger partial charge on any atom is -0.356 e. The molecule has 186 valence electrons. The van der Waals surface area contributed by atoms with E-state index in [1.807, 2.05) is 0 Å². The fourth-order valence-corrected chi connectivity index (χ4v) is 4.29. The van der Waals surface area contributed by atoms with Gasteiger partial charge in [0.25, 0.3) is 5.91 Å². The lowest BCUT2D eigenvalue weighted by atomic mass is 9.95. The van der Waals surface area contributed by atoms with Crippen LogP contribution in [-0.4, -0.2) is 39.7 Å². The van der Waals surface area contributed by atoms with Crippen molar-refractivity contribution in [1.29, 1.82) is 0 Å². The summed E-state index contributed by atoms with van der Waals surface area (Å²) in [5.41, 5.74) is -0.927. The van der Waals surface area contributed by atoms with Gasteiger partial charge in [0, 0.05) is 56.0 Å². The molecule has 1 aliphatic heterocycles. The summed E-state index contributed by atoms with van der Waals surface area (Å²) in [5, 5.41) is 6.66. The number of nitrogens with zero attached hydrogens (tertiary/aromatic N) is 4. The molecule has 11 heteroatoms. The third-order valence-electron chi connectivity index (χ3n) is 5.97. The summed E-state index contributed by atoms with van der Waals surface area (Å²) < 4.78 is 72.1. The van der Waals surface area contributed by atoms with Gasteiger partial charge in [0.1, 0.15) is 5.82 Å². The van der Waals surface area contributed by atoms with Crippen LogP contribution in [0.25, 0.3) is 11.1 Å². The van der Waals surface area contributed by atoms with Crippen LogP contribution < -0.4 is 10.2 Å². The van der Waals surface area contributed by atoms with Gasteiger partial charge in [-0.25, -0.2) is 13.8 Å². The van der Waals surface area contributed by atoms with Crippen LogP contribution in [0.15, 0.2) is 42.7 Å². The third kappa shape index (κ3) is 5.28. The number of nitrogens with one attached hydrogen (secondary N) is 1. The van der Waals surface area contributed by atoms with Crippen molar-refractivity contribution >= 4 is 17.4 Å². The number of benzene rings is 1. The Bertz CT molecular complexity index is 1220. The second-order valence-electron chi connectivity index (χ2n) is 8.58. The van der Waals surface area contributed by atoms with Crippen molar-refractivity contribution in [3.63, 3.8) is 0 Å². The van der Waals surface area contributed by atoms with Gasteiger partial charge >= 0.3 is 6.18 Å². The van der Waals surface area contributed by atoms with Crippen LogP contribution in [0.4, 0.5) is 33.5 Å². The Morgan fingerprint density at radius 3 is 2.46 bits per heavy atom. The first kappa shape index (κ1) is 24.6. The quantitative estimate of drug-likeness (QED) is 0.475. The van der Waals surface area contributed by atoms with Gasteiger partial charge in [-0.05, 0) is 31.0 Å². The molecule has 3 aromatic rings. The van der Waals surface area contributed by atoms with E-state index in [1.54, 1.807) is 37.4 Å². The van der Waals surface area contributed by atoms with Crippen molar-refractivity contribution in [2.24, 2.45) is 7.05 Å². The first-order valence-corrected chi connectivity index (χ1v) is 11.1. The number of carbonyl (C=O) groups excluding carboxylic acids is 1. The minimum absolute atomic E-state index is 0.0414. The number of amides is 1. The predicted octanol–water partition coefficient (Wildman–Crippen LogP) is 5.69. The van der Waals surface area contributed by atoms with Crippen LogP contribution in [-0.2, 0) is 13.2 Å². The van der Waals surface area contributed by atoms with E-state index >= 15 is 0 Å². The minimum atomic E-state index is -4.85. The summed E-state index contributed by atoms with van der Waals surface area (Å²) in [4.78, 5) is 18.7. The first-order valence-electron chi connectivity index (χ1n) is 11.1. The fraction of sp³-hybridized carbons (Fsp3) is 0.375. The molecule has 0 aliphatic carbocycles. The molecule has 0 radical (unpaired) electrons. The molecule has 1 amide bonds. The van der Waals surface area contributed by atoms with E-state index in [0.29, 0.717) is 5.69 Å². The molecule has 1 aliphatic rings. The number of anilines is 2. The highest BCUT2D eigenvalue weighted by molar-refractivity contribution is 6.10. The lowest BCUT2D eigenvalue weighted by molar-refractivity contribution is -0.140. The molecule has 6 nitrogen and oxygen atoms in total. The molecule has 1 aromatic carbocycles. The maximum atomic E-state index is 14.2. The third-order valence-corrected chi connectivity index (χ3v) is 5.97. The van der Waals surface area contributed by atoms with Crippen molar-refractivity contribution < 1.29 is 26.7 Å². The molecule has 0 spiro atoms. The van der Waals surface area contributed by atoms with Gasteiger partial charge in [-0.3, -0.25) is 9.48 Å². The number of pyridine rings is 1. The number of hydrogen-bond acceptors (Lipinski definition) is 4. The maximum Gasteiger partial charge on any atom is 0.434 e. The Labute approximate surface area is 198 Å². The lowest BCUT2D eigenvalue weighted by Crippen LogP contribution is -2.31. The zero-order chi connectivity index (χ0) is 25.4. The first-order chi connectivity index (χ1) is 16.5. The zero-order valence-corrected chi connectivity index (χ0v) is 19.2. The Morgan fingerprint density at radius 1 is 1.11 bits per heavy atom. The van der Waals surface area contributed by atoms with E-state index in [-0.39, 0.29) is 54.0 Å². The molecule has 1 saturated heterocycles. The number of para-hydroxylation sites is 1. The predicted molar refractivity (Wildman–Crippen MR) is 122 cm³/mol. The summed E-state index contributed by atoms with van der Waals surface area (Å²) in [7, 11) is 1.56. The Morgan fingerprint density at radius 2 is 1.83 bits per heavy atom. The largest absolute Gasteiger partial charge is 0.434 e. The Hall–Kier alpha value is -3.50. The zero-order valence-electron chi connectivity index (χ0n) is 19.2. The molecule has 0 unspecified atom stereocenters. The number of halogens is 5. The van der Waals surface area contributed by atoms with E-state index in [1.165, 1.54) is 28.9 Å². The van der Waals surface area contributed by atoms with Crippen molar-refractivity contribution in [3.05, 3.63) is 59.5 Å². The number of carbonyl (C=O) groups is 1. The topological polar surface area (TPSA) is 63.1 Å². The molecule has 2 aromatic heterocycles. The molecular formula is C24H24F5N5O. The summed E-state index contributed by atoms with van der Waals surface area (Å²) >= 11 is 0. The summed E-state index contributed by atoms with van der Waals surface area (Å²) in [5.74, 6) is -3.86. The van der Waals surface area contributed by atoms with Crippen molar-refractivity contribution in [2.75, 3.05) is 23.3 Å². The van der Waals surface area contributed by atoms with E-state index in [2.05, 4.69) is 15.4 Å². The van der Waals surface area contributed by atoms with E-state index in [9.17, 15) is 26.7 Å². The number of rotatable bonds is 4. The Balaban J connectivity index is 1.92. The maximum absolute atomic E-state index is 14.2. The van der Waals surface area contributed by atoms with Crippen LogP contribution in [0.5, 0.6) is 0 Å². The molecule has 0 atom stereocenters. The van der Waals surface area contributed by atoms with Crippen molar-refractivity contribution in [3.8, 4) is 11.1 Å². The number of aryl methyl sites for hydroxylation is 1. The average molecular weight is 493 g/mol. The fourth-order valence-electron chi connectivity index (χ4n) is 4.29. The molecule has 35 heavy (non-hydrogen) atoms. The normalized spacial score (nSPS) is 16.1.